The average Bonchev–Trinajstić information content (AvgIpc) is 2.97. The van der Waals surface area contributed by atoms with Crippen molar-refractivity contribution in [1.29, 1.82) is 0 Å². The molecule has 146 valence electrons. The van der Waals surface area contributed by atoms with Crippen LogP contribution < -0.4 is 9.47 Å². The van der Waals surface area contributed by atoms with Gasteiger partial charge in [-0.25, -0.2) is 0 Å². The lowest BCUT2D eigenvalue weighted by Gasteiger charge is -2.12. The molecule has 0 radical (unpaired) electrons. The van der Waals surface area contributed by atoms with E-state index in [9.17, 15) is 10.1 Å². The summed E-state index contributed by atoms with van der Waals surface area (Å²) in [6.45, 7) is 4.25. The van der Waals surface area contributed by atoms with Crippen molar-refractivity contribution in [2.24, 2.45) is 5.10 Å². The van der Waals surface area contributed by atoms with E-state index in [1.54, 1.807) is 13.0 Å². The van der Waals surface area contributed by atoms with E-state index in [0.717, 1.165) is 25.7 Å². The standard InChI is InChI=1S/C17H23N5O4S/c1-4-5-6-7-8-26-16-14(22(23)24)9-13(10-15(16)25-3)11-18-21-12(2)19-20-17(21)27/h9-11H,4-8H2,1-3H3,(H,20,27)/b18-11-. The van der Waals surface area contributed by atoms with Gasteiger partial charge in [0.2, 0.25) is 10.5 Å². The molecule has 10 heteroatoms. The number of aromatic amines is 1. The van der Waals surface area contributed by atoms with Gasteiger partial charge in [0.1, 0.15) is 5.82 Å². The number of rotatable bonds is 10. The molecule has 27 heavy (non-hydrogen) atoms. The summed E-state index contributed by atoms with van der Waals surface area (Å²) in [6, 6.07) is 3.03. The summed E-state index contributed by atoms with van der Waals surface area (Å²) in [6.07, 6.45) is 5.52. The summed E-state index contributed by atoms with van der Waals surface area (Å²) >= 11 is 5.08. The molecule has 2 aromatic rings. The van der Waals surface area contributed by atoms with Crippen LogP contribution in [0.25, 0.3) is 0 Å². The third-order valence-electron chi connectivity index (χ3n) is 3.85. The summed E-state index contributed by atoms with van der Waals surface area (Å²) in [5, 5.41) is 22.3. The Kier molecular flexibility index (Phi) is 7.47. The van der Waals surface area contributed by atoms with Crippen molar-refractivity contribution >= 4 is 24.1 Å². The zero-order chi connectivity index (χ0) is 19.8. The van der Waals surface area contributed by atoms with E-state index in [0.29, 0.717) is 22.8 Å². The minimum atomic E-state index is -0.490. The number of nitrogens with zero attached hydrogens (tertiary/aromatic N) is 4. The molecule has 1 aromatic heterocycles. The Morgan fingerprint density at radius 1 is 1.41 bits per heavy atom. The van der Waals surface area contributed by atoms with E-state index in [1.165, 1.54) is 24.1 Å². The van der Waals surface area contributed by atoms with Crippen LogP contribution in [0.3, 0.4) is 0 Å². The van der Waals surface area contributed by atoms with Gasteiger partial charge in [0.05, 0.1) is 24.9 Å². The number of H-pyrrole nitrogens is 1. The summed E-state index contributed by atoms with van der Waals surface area (Å²) in [7, 11) is 1.44. The Labute approximate surface area is 162 Å². The first-order chi connectivity index (χ1) is 13.0. The Balaban J connectivity index is 2.29. The van der Waals surface area contributed by atoms with E-state index in [-0.39, 0.29) is 17.2 Å². The fourth-order valence-electron chi connectivity index (χ4n) is 2.45. The maximum atomic E-state index is 11.5. The molecule has 0 saturated carbocycles. The predicted molar refractivity (Wildman–Crippen MR) is 104 cm³/mol. The van der Waals surface area contributed by atoms with Crippen molar-refractivity contribution in [2.45, 2.75) is 39.5 Å². The number of unbranched alkanes of at least 4 members (excludes halogenated alkanes) is 3. The number of benzene rings is 1. The van der Waals surface area contributed by atoms with Crippen molar-refractivity contribution < 1.29 is 14.4 Å². The van der Waals surface area contributed by atoms with Gasteiger partial charge >= 0.3 is 5.69 Å². The molecule has 0 aliphatic heterocycles. The first-order valence-electron chi connectivity index (χ1n) is 8.65. The molecule has 1 N–H and O–H groups in total. The lowest BCUT2D eigenvalue weighted by molar-refractivity contribution is -0.386. The first-order valence-corrected chi connectivity index (χ1v) is 9.06. The van der Waals surface area contributed by atoms with Crippen LogP contribution in [0.15, 0.2) is 17.2 Å². The minimum absolute atomic E-state index is 0.132. The van der Waals surface area contributed by atoms with E-state index in [4.69, 9.17) is 21.7 Å². The van der Waals surface area contributed by atoms with Crippen LogP contribution in [0.1, 0.15) is 44.0 Å². The van der Waals surface area contributed by atoms with Gasteiger partial charge in [0, 0.05) is 11.6 Å². The predicted octanol–water partition coefficient (Wildman–Crippen LogP) is 4.01. The van der Waals surface area contributed by atoms with Gasteiger partial charge in [-0.05, 0) is 31.6 Å². The van der Waals surface area contributed by atoms with Crippen LogP contribution >= 0.6 is 12.2 Å². The molecule has 0 aliphatic rings. The largest absolute Gasteiger partial charge is 0.493 e. The quantitative estimate of drug-likeness (QED) is 0.215. The van der Waals surface area contributed by atoms with Gasteiger partial charge in [0.25, 0.3) is 0 Å². The van der Waals surface area contributed by atoms with Crippen LogP contribution in [-0.2, 0) is 0 Å². The zero-order valence-electron chi connectivity index (χ0n) is 15.6. The number of hydrogen-bond donors (Lipinski definition) is 1. The summed E-state index contributed by atoms with van der Waals surface area (Å²) < 4.78 is 12.7. The molecular formula is C17H23N5O4S. The van der Waals surface area contributed by atoms with Gasteiger partial charge < -0.3 is 9.47 Å². The second kappa shape index (κ2) is 9.81. The lowest BCUT2D eigenvalue weighted by Crippen LogP contribution is -2.04. The van der Waals surface area contributed by atoms with Gasteiger partial charge in [-0.1, -0.05) is 26.2 Å². The van der Waals surface area contributed by atoms with Crippen molar-refractivity contribution in [1.82, 2.24) is 14.9 Å². The lowest BCUT2D eigenvalue weighted by atomic mass is 10.1. The topological polar surface area (TPSA) is 108 Å². The maximum absolute atomic E-state index is 11.5. The van der Waals surface area contributed by atoms with Gasteiger partial charge in [-0.3, -0.25) is 15.2 Å². The molecule has 9 nitrogen and oxygen atoms in total. The van der Waals surface area contributed by atoms with Crippen LogP contribution in [-0.4, -0.2) is 39.7 Å². The highest BCUT2D eigenvalue weighted by Gasteiger charge is 2.22. The Morgan fingerprint density at radius 2 is 2.19 bits per heavy atom. The Hall–Kier alpha value is -2.75. The fraction of sp³-hybridized carbons (Fsp3) is 0.471. The molecule has 1 heterocycles. The van der Waals surface area contributed by atoms with Crippen LogP contribution in [0, 0.1) is 21.8 Å². The number of aromatic nitrogens is 3. The van der Waals surface area contributed by atoms with Gasteiger partial charge in [-0.15, -0.1) is 0 Å². The second-order valence-electron chi connectivity index (χ2n) is 5.87. The highest BCUT2D eigenvalue weighted by molar-refractivity contribution is 7.71. The number of nitro benzene ring substituents is 1. The van der Waals surface area contributed by atoms with Crippen LogP contribution in [0.4, 0.5) is 5.69 Å². The zero-order valence-corrected chi connectivity index (χ0v) is 16.4. The number of aryl methyl sites for hydroxylation is 1. The Morgan fingerprint density at radius 3 is 2.78 bits per heavy atom. The van der Waals surface area contributed by atoms with Crippen LogP contribution in [0.5, 0.6) is 11.5 Å². The maximum Gasteiger partial charge on any atom is 0.315 e. The van der Waals surface area contributed by atoms with Gasteiger partial charge in [-0.2, -0.15) is 14.9 Å². The highest BCUT2D eigenvalue weighted by Crippen LogP contribution is 2.38. The third-order valence-corrected chi connectivity index (χ3v) is 4.12. The van der Waals surface area contributed by atoms with Crippen molar-refractivity contribution in [2.75, 3.05) is 13.7 Å². The van der Waals surface area contributed by atoms with E-state index < -0.39 is 4.92 Å². The van der Waals surface area contributed by atoms with E-state index >= 15 is 0 Å². The van der Waals surface area contributed by atoms with E-state index in [2.05, 4.69) is 22.2 Å². The molecule has 0 atom stereocenters. The average molecular weight is 393 g/mol. The molecule has 0 aliphatic carbocycles. The normalized spacial score (nSPS) is 11.1. The monoisotopic (exact) mass is 393 g/mol. The number of nitro groups is 1. The van der Waals surface area contributed by atoms with E-state index in [1.807, 2.05) is 0 Å². The summed E-state index contributed by atoms with van der Waals surface area (Å²) in [5.41, 5.74) is 0.318. The van der Waals surface area contributed by atoms with Crippen molar-refractivity contribution in [3.8, 4) is 11.5 Å². The van der Waals surface area contributed by atoms with Crippen LogP contribution in [0.2, 0.25) is 0 Å². The fourth-order valence-corrected chi connectivity index (χ4v) is 2.67. The number of ether oxygens (including phenoxy) is 2. The molecule has 0 unspecified atom stereocenters. The molecule has 0 saturated heterocycles. The SMILES string of the molecule is CCCCCCOc1c(OC)cc(/C=N\n2c(C)n[nH]c2=S)cc1[N+](=O)[O-]. The molecule has 0 spiro atoms. The minimum Gasteiger partial charge on any atom is -0.493 e. The molecule has 1 aromatic carbocycles. The number of nitrogens with one attached hydrogen (secondary N) is 1. The molecule has 0 amide bonds. The number of methoxy groups -OCH3 is 1. The summed E-state index contributed by atoms with van der Waals surface area (Å²) in [4.78, 5) is 11.0. The second-order valence-corrected chi connectivity index (χ2v) is 6.26. The molecule has 0 bridgehead atoms. The van der Waals surface area contributed by atoms with Crippen molar-refractivity contribution in [3.05, 3.63) is 38.4 Å². The number of hydrogen-bond acceptors (Lipinski definition) is 7. The van der Waals surface area contributed by atoms with Crippen molar-refractivity contribution in [3.63, 3.8) is 0 Å². The van der Waals surface area contributed by atoms with Gasteiger partial charge in [0.15, 0.2) is 5.75 Å². The molecule has 2 rings (SSSR count). The smallest absolute Gasteiger partial charge is 0.315 e. The third kappa shape index (κ3) is 5.36. The Bertz CT molecular complexity index is 875. The first kappa shape index (κ1) is 20.6. The molecular weight excluding hydrogens is 370 g/mol. The highest BCUT2D eigenvalue weighted by atomic mass is 32.1. The molecule has 0 fully saturated rings. The summed E-state index contributed by atoms with van der Waals surface area (Å²) in [5.74, 6) is 0.991.